The Labute approximate surface area is 64.4 Å². The standard InChI is InChI=1S/C6H13NO4/c1-2-3(7)4(8)5(9)6(10)11-2/h2-6,8-10H,7H2,1H3/t2-,3-,4+,5+,6-/m1/s1. The van der Waals surface area contributed by atoms with Crippen LogP contribution in [0.25, 0.3) is 0 Å². The van der Waals surface area contributed by atoms with Crippen LogP contribution in [-0.2, 0) is 4.74 Å². The molecule has 0 spiro atoms. The van der Waals surface area contributed by atoms with Crippen LogP contribution in [0.15, 0.2) is 0 Å². The van der Waals surface area contributed by atoms with Gasteiger partial charge >= 0.3 is 0 Å². The van der Waals surface area contributed by atoms with Crippen LogP contribution >= 0.6 is 0 Å². The second kappa shape index (κ2) is 3.04. The maximum Gasteiger partial charge on any atom is 0.183 e. The summed E-state index contributed by atoms with van der Waals surface area (Å²) in [4.78, 5) is 0. The van der Waals surface area contributed by atoms with E-state index < -0.39 is 30.6 Å². The molecule has 1 aliphatic rings. The smallest absolute Gasteiger partial charge is 0.183 e. The number of aliphatic hydroxyl groups is 3. The van der Waals surface area contributed by atoms with Crippen LogP contribution in [-0.4, -0.2) is 46.0 Å². The van der Waals surface area contributed by atoms with Gasteiger partial charge in [-0.3, -0.25) is 0 Å². The Hall–Kier alpha value is -0.200. The van der Waals surface area contributed by atoms with E-state index in [4.69, 9.17) is 20.7 Å². The average Bonchev–Trinajstić information content (AvgIpc) is 1.97. The van der Waals surface area contributed by atoms with Gasteiger partial charge in [-0.25, -0.2) is 0 Å². The molecule has 1 heterocycles. The third-order valence-corrected chi connectivity index (χ3v) is 1.93. The number of rotatable bonds is 0. The first kappa shape index (κ1) is 8.89. The molecule has 0 aliphatic carbocycles. The highest BCUT2D eigenvalue weighted by Gasteiger charge is 2.39. The molecule has 5 N–H and O–H groups in total. The largest absolute Gasteiger partial charge is 0.388 e. The molecule has 1 aliphatic heterocycles. The highest BCUT2D eigenvalue weighted by atomic mass is 16.6. The second-order valence-electron chi connectivity index (χ2n) is 2.79. The van der Waals surface area contributed by atoms with Crippen molar-refractivity contribution in [2.75, 3.05) is 0 Å². The molecule has 11 heavy (non-hydrogen) atoms. The fourth-order valence-electron chi connectivity index (χ4n) is 1.07. The molecule has 0 aromatic rings. The number of aliphatic hydroxyl groups excluding tert-OH is 3. The Morgan fingerprint density at radius 1 is 1.18 bits per heavy atom. The molecule has 0 saturated carbocycles. The lowest BCUT2D eigenvalue weighted by atomic mass is 9.98. The lowest BCUT2D eigenvalue weighted by Gasteiger charge is -2.37. The fraction of sp³-hybridized carbons (Fsp3) is 1.00. The molecule has 1 saturated heterocycles. The van der Waals surface area contributed by atoms with E-state index in [0.717, 1.165) is 0 Å². The van der Waals surface area contributed by atoms with Gasteiger partial charge in [0.2, 0.25) is 0 Å². The SMILES string of the molecule is C[C@H]1O[C@@H](O)[C@@H](O)[C@@H](O)[C@@H]1N. The van der Waals surface area contributed by atoms with Crippen LogP contribution in [0, 0.1) is 0 Å². The van der Waals surface area contributed by atoms with E-state index >= 15 is 0 Å². The Balaban J connectivity index is 2.63. The summed E-state index contributed by atoms with van der Waals surface area (Å²) in [5.74, 6) is 0. The lowest BCUT2D eigenvalue weighted by Crippen LogP contribution is -2.60. The van der Waals surface area contributed by atoms with E-state index in [2.05, 4.69) is 0 Å². The van der Waals surface area contributed by atoms with E-state index in [1.807, 2.05) is 0 Å². The monoisotopic (exact) mass is 163 g/mol. The zero-order valence-corrected chi connectivity index (χ0v) is 6.21. The maximum atomic E-state index is 9.17. The first-order valence-electron chi connectivity index (χ1n) is 3.49. The summed E-state index contributed by atoms with van der Waals surface area (Å²) in [5, 5.41) is 27.1. The Morgan fingerprint density at radius 3 is 2.27 bits per heavy atom. The minimum atomic E-state index is -1.33. The molecule has 0 unspecified atom stereocenters. The van der Waals surface area contributed by atoms with Crippen molar-refractivity contribution in [2.45, 2.75) is 37.6 Å². The molecule has 0 amide bonds. The van der Waals surface area contributed by atoms with Gasteiger partial charge in [0.15, 0.2) is 6.29 Å². The topological polar surface area (TPSA) is 95.9 Å². The summed E-state index contributed by atoms with van der Waals surface area (Å²) < 4.78 is 4.80. The molecular formula is C6H13NO4. The number of hydrogen-bond acceptors (Lipinski definition) is 5. The van der Waals surface area contributed by atoms with Crippen molar-refractivity contribution in [3.05, 3.63) is 0 Å². The van der Waals surface area contributed by atoms with Crippen LogP contribution in [0.3, 0.4) is 0 Å². The van der Waals surface area contributed by atoms with Crippen LogP contribution in [0.2, 0.25) is 0 Å². The molecule has 1 rings (SSSR count). The Bertz CT molecular complexity index is 129. The Morgan fingerprint density at radius 2 is 1.73 bits per heavy atom. The van der Waals surface area contributed by atoms with Crippen molar-refractivity contribution >= 4 is 0 Å². The lowest BCUT2D eigenvalue weighted by molar-refractivity contribution is -0.249. The first-order valence-corrected chi connectivity index (χ1v) is 3.49. The highest BCUT2D eigenvalue weighted by molar-refractivity contribution is 4.89. The molecule has 5 heteroatoms. The summed E-state index contributed by atoms with van der Waals surface area (Å²) in [7, 11) is 0. The predicted octanol–water partition coefficient (Wildman–Crippen LogP) is -2.23. The quantitative estimate of drug-likeness (QED) is 0.324. The number of ether oxygens (including phenoxy) is 1. The molecular weight excluding hydrogens is 150 g/mol. The van der Waals surface area contributed by atoms with Crippen molar-refractivity contribution in [2.24, 2.45) is 5.73 Å². The van der Waals surface area contributed by atoms with E-state index in [-0.39, 0.29) is 0 Å². The van der Waals surface area contributed by atoms with Crippen molar-refractivity contribution < 1.29 is 20.1 Å². The van der Waals surface area contributed by atoms with E-state index in [1.54, 1.807) is 6.92 Å². The zero-order valence-electron chi connectivity index (χ0n) is 6.21. The second-order valence-corrected chi connectivity index (χ2v) is 2.79. The molecule has 0 bridgehead atoms. The van der Waals surface area contributed by atoms with Gasteiger partial charge in [0.05, 0.1) is 12.1 Å². The van der Waals surface area contributed by atoms with Crippen molar-refractivity contribution in [1.82, 2.24) is 0 Å². The molecule has 0 radical (unpaired) electrons. The molecule has 5 nitrogen and oxygen atoms in total. The highest BCUT2D eigenvalue weighted by Crippen LogP contribution is 2.17. The van der Waals surface area contributed by atoms with Crippen LogP contribution in [0.1, 0.15) is 6.92 Å². The number of hydrogen-bond donors (Lipinski definition) is 4. The minimum absolute atomic E-state index is 0.441. The number of nitrogens with two attached hydrogens (primary N) is 1. The van der Waals surface area contributed by atoms with Crippen LogP contribution in [0.4, 0.5) is 0 Å². The van der Waals surface area contributed by atoms with Gasteiger partial charge in [0, 0.05) is 0 Å². The molecule has 5 atom stereocenters. The third-order valence-electron chi connectivity index (χ3n) is 1.93. The van der Waals surface area contributed by atoms with E-state index in [9.17, 15) is 5.11 Å². The van der Waals surface area contributed by atoms with Crippen LogP contribution < -0.4 is 5.73 Å². The molecule has 0 aromatic heterocycles. The van der Waals surface area contributed by atoms with Gasteiger partial charge in [0.25, 0.3) is 0 Å². The predicted molar refractivity (Wildman–Crippen MR) is 36.5 cm³/mol. The third kappa shape index (κ3) is 1.52. The molecule has 66 valence electrons. The van der Waals surface area contributed by atoms with E-state index in [0.29, 0.717) is 0 Å². The van der Waals surface area contributed by atoms with Crippen molar-refractivity contribution in [1.29, 1.82) is 0 Å². The van der Waals surface area contributed by atoms with Gasteiger partial charge in [-0.05, 0) is 6.92 Å². The summed E-state index contributed by atoms with van der Waals surface area (Å²) in [6, 6.07) is -0.645. The minimum Gasteiger partial charge on any atom is -0.388 e. The summed E-state index contributed by atoms with van der Waals surface area (Å²) in [6.07, 6.45) is -4.20. The van der Waals surface area contributed by atoms with Gasteiger partial charge in [0.1, 0.15) is 12.2 Å². The van der Waals surface area contributed by atoms with Gasteiger partial charge in [-0.1, -0.05) is 0 Å². The van der Waals surface area contributed by atoms with Gasteiger partial charge in [-0.2, -0.15) is 0 Å². The summed E-state index contributed by atoms with van der Waals surface area (Å²) in [5.41, 5.74) is 5.43. The van der Waals surface area contributed by atoms with Crippen molar-refractivity contribution in [3.63, 3.8) is 0 Å². The normalized spacial score (nSPS) is 52.6. The van der Waals surface area contributed by atoms with Gasteiger partial charge < -0.3 is 25.8 Å². The van der Waals surface area contributed by atoms with E-state index in [1.165, 1.54) is 0 Å². The molecule has 1 fully saturated rings. The summed E-state index contributed by atoms with van der Waals surface area (Å²) >= 11 is 0. The Kier molecular flexibility index (Phi) is 2.46. The van der Waals surface area contributed by atoms with Crippen molar-refractivity contribution in [3.8, 4) is 0 Å². The van der Waals surface area contributed by atoms with Gasteiger partial charge in [-0.15, -0.1) is 0 Å². The first-order chi connectivity index (χ1) is 5.04. The summed E-state index contributed by atoms with van der Waals surface area (Å²) in [6.45, 7) is 1.63. The molecule has 0 aromatic carbocycles. The van der Waals surface area contributed by atoms with Crippen LogP contribution in [0.5, 0.6) is 0 Å². The maximum absolute atomic E-state index is 9.17. The zero-order chi connectivity index (χ0) is 8.59. The fourth-order valence-corrected chi connectivity index (χ4v) is 1.07. The average molecular weight is 163 g/mol.